The zero-order chi connectivity index (χ0) is 13.5. The molecule has 0 aliphatic heterocycles. The summed E-state index contributed by atoms with van der Waals surface area (Å²) in [6.45, 7) is 1.79. The standard InChI is InChI=1S/C9H17O6PS/c1-2-5-16(14,17-15)6-7(9(12)13)3-4-8(10)11/h7,15H,2-6H2,1H3,(H,10,11)(H,12,13). The van der Waals surface area contributed by atoms with E-state index in [0.717, 1.165) is 0 Å². The lowest BCUT2D eigenvalue weighted by Crippen LogP contribution is -2.19. The normalized spacial score (nSPS) is 16.1. The van der Waals surface area contributed by atoms with E-state index >= 15 is 0 Å². The summed E-state index contributed by atoms with van der Waals surface area (Å²) in [6.07, 6.45) is -2.65. The van der Waals surface area contributed by atoms with E-state index in [1.165, 1.54) is 0 Å². The maximum atomic E-state index is 12.0. The number of rotatable bonds is 9. The number of carbonyl (C=O) groups is 2. The quantitative estimate of drug-likeness (QED) is 0.440. The van der Waals surface area contributed by atoms with Crippen molar-refractivity contribution in [3.05, 3.63) is 0 Å². The SMILES string of the molecule is CCCP(=O)(CC(CCC(=O)O)C(=O)O)SO. The average molecular weight is 284 g/mol. The van der Waals surface area contributed by atoms with E-state index in [0.29, 0.717) is 6.42 Å². The number of carboxylic acid groups (broad SMARTS) is 2. The summed E-state index contributed by atoms with van der Waals surface area (Å²) in [6, 6.07) is 0. The third-order valence-electron chi connectivity index (χ3n) is 2.27. The monoisotopic (exact) mass is 284 g/mol. The molecule has 0 saturated heterocycles. The van der Waals surface area contributed by atoms with Crippen molar-refractivity contribution in [2.75, 3.05) is 12.3 Å². The van der Waals surface area contributed by atoms with Crippen molar-refractivity contribution in [2.45, 2.75) is 26.2 Å². The lowest BCUT2D eigenvalue weighted by Gasteiger charge is -2.18. The molecule has 0 aromatic carbocycles. The molecule has 8 heteroatoms. The minimum absolute atomic E-state index is 0.0705. The zero-order valence-electron chi connectivity index (χ0n) is 9.53. The molecule has 0 aliphatic rings. The van der Waals surface area contributed by atoms with Crippen molar-refractivity contribution in [1.29, 1.82) is 0 Å². The fourth-order valence-electron chi connectivity index (χ4n) is 1.43. The first-order chi connectivity index (χ1) is 7.84. The van der Waals surface area contributed by atoms with Gasteiger partial charge in [-0.1, -0.05) is 6.92 Å². The van der Waals surface area contributed by atoms with Crippen molar-refractivity contribution in [2.24, 2.45) is 5.92 Å². The van der Waals surface area contributed by atoms with Crippen LogP contribution >= 0.6 is 18.0 Å². The van der Waals surface area contributed by atoms with Gasteiger partial charge in [0.05, 0.1) is 17.6 Å². The predicted octanol–water partition coefficient (Wildman–Crippen LogP) is 2.45. The molecule has 6 nitrogen and oxygen atoms in total. The highest BCUT2D eigenvalue weighted by Gasteiger charge is 2.30. The fourth-order valence-corrected chi connectivity index (χ4v) is 4.99. The van der Waals surface area contributed by atoms with Crippen LogP contribution in [0.1, 0.15) is 26.2 Å². The van der Waals surface area contributed by atoms with Gasteiger partial charge < -0.3 is 19.3 Å². The van der Waals surface area contributed by atoms with E-state index in [2.05, 4.69) is 0 Å². The van der Waals surface area contributed by atoms with Gasteiger partial charge in [-0.05, 0) is 12.8 Å². The molecule has 0 fully saturated rings. The Balaban J connectivity index is 4.56. The largest absolute Gasteiger partial charge is 0.481 e. The van der Waals surface area contributed by atoms with Gasteiger partial charge in [-0.15, -0.1) is 0 Å². The van der Waals surface area contributed by atoms with E-state index in [1.54, 1.807) is 6.92 Å². The third kappa shape index (κ3) is 6.71. The minimum Gasteiger partial charge on any atom is -0.481 e. The van der Waals surface area contributed by atoms with E-state index < -0.39 is 24.2 Å². The molecule has 0 radical (unpaired) electrons. The summed E-state index contributed by atoms with van der Waals surface area (Å²) in [5.41, 5.74) is 0. The molecule has 100 valence electrons. The van der Waals surface area contributed by atoms with E-state index in [4.69, 9.17) is 14.8 Å². The molecule has 0 aromatic rings. The summed E-state index contributed by atoms with van der Waals surface area (Å²) in [4.78, 5) is 21.3. The molecule has 0 heterocycles. The van der Waals surface area contributed by atoms with Gasteiger partial charge in [-0.3, -0.25) is 9.59 Å². The third-order valence-corrected chi connectivity index (χ3v) is 6.58. The van der Waals surface area contributed by atoms with Crippen LogP contribution in [0.25, 0.3) is 0 Å². The lowest BCUT2D eigenvalue weighted by atomic mass is 10.1. The first-order valence-electron chi connectivity index (χ1n) is 5.20. The summed E-state index contributed by atoms with van der Waals surface area (Å²) < 4.78 is 21.0. The Morgan fingerprint density at radius 2 is 1.94 bits per heavy atom. The molecule has 0 bridgehead atoms. The Morgan fingerprint density at radius 3 is 2.29 bits per heavy atom. The highest BCUT2D eigenvalue weighted by atomic mass is 32.7. The van der Waals surface area contributed by atoms with Gasteiger partial charge in [-0.25, -0.2) is 0 Å². The lowest BCUT2D eigenvalue weighted by molar-refractivity contribution is -0.142. The van der Waals surface area contributed by atoms with Gasteiger partial charge in [0, 0.05) is 18.7 Å². The first kappa shape index (κ1) is 16.5. The highest BCUT2D eigenvalue weighted by molar-refractivity contribution is 8.55. The van der Waals surface area contributed by atoms with Crippen molar-refractivity contribution < 1.29 is 28.9 Å². The molecule has 2 atom stereocenters. The van der Waals surface area contributed by atoms with Gasteiger partial charge >= 0.3 is 11.9 Å². The van der Waals surface area contributed by atoms with Gasteiger partial charge in [0.25, 0.3) is 0 Å². The maximum Gasteiger partial charge on any atom is 0.307 e. The van der Waals surface area contributed by atoms with Crippen LogP contribution in [0.3, 0.4) is 0 Å². The number of carboxylic acids is 2. The van der Waals surface area contributed by atoms with E-state index in [1.807, 2.05) is 0 Å². The molecular formula is C9H17O6PS. The van der Waals surface area contributed by atoms with E-state index in [9.17, 15) is 14.2 Å². The maximum absolute atomic E-state index is 12.0. The van der Waals surface area contributed by atoms with Crippen molar-refractivity contribution in [3.8, 4) is 0 Å². The molecule has 17 heavy (non-hydrogen) atoms. The molecule has 2 unspecified atom stereocenters. The van der Waals surface area contributed by atoms with Crippen LogP contribution in [-0.2, 0) is 14.2 Å². The Kier molecular flexibility index (Phi) is 7.50. The average Bonchev–Trinajstić information content (AvgIpc) is 2.24. The molecule has 0 aliphatic carbocycles. The molecule has 3 N–H and O–H groups in total. The number of hydrogen-bond acceptors (Lipinski definition) is 5. The van der Waals surface area contributed by atoms with Crippen LogP contribution in [0.5, 0.6) is 0 Å². The van der Waals surface area contributed by atoms with Crippen LogP contribution in [-0.4, -0.2) is 39.0 Å². The van der Waals surface area contributed by atoms with Crippen LogP contribution in [0.2, 0.25) is 0 Å². The van der Waals surface area contributed by atoms with Crippen LogP contribution in [0, 0.1) is 5.92 Å². The number of hydrogen-bond donors (Lipinski definition) is 3. The smallest absolute Gasteiger partial charge is 0.307 e. The van der Waals surface area contributed by atoms with Gasteiger partial charge in [0.1, 0.15) is 0 Å². The van der Waals surface area contributed by atoms with Crippen LogP contribution in [0.4, 0.5) is 0 Å². The summed E-state index contributed by atoms with van der Waals surface area (Å²) in [7, 11) is 0. The summed E-state index contributed by atoms with van der Waals surface area (Å²) >= 11 is 0.222. The second-order valence-corrected chi connectivity index (χ2v) is 8.86. The Morgan fingerprint density at radius 1 is 1.35 bits per heavy atom. The summed E-state index contributed by atoms with van der Waals surface area (Å²) in [5.74, 6) is -3.24. The van der Waals surface area contributed by atoms with Crippen LogP contribution in [0.15, 0.2) is 0 Å². The van der Waals surface area contributed by atoms with Gasteiger partial charge in [-0.2, -0.15) is 0 Å². The van der Waals surface area contributed by atoms with Gasteiger partial charge in [0.15, 0.2) is 6.34 Å². The zero-order valence-corrected chi connectivity index (χ0v) is 11.2. The first-order valence-corrected chi connectivity index (χ1v) is 8.66. The molecule has 0 saturated carbocycles. The van der Waals surface area contributed by atoms with Gasteiger partial charge in [0.2, 0.25) is 0 Å². The Labute approximate surface area is 104 Å². The number of aliphatic carboxylic acids is 2. The highest BCUT2D eigenvalue weighted by Crippen LogP contribution is 2.58. The van der Waals surface area contributed by atoms with E-state index in [-0.39, 0.29) is 36.8 Å². The van der Waals surface area contributed by atoms with Crippen molar-refractivity contribution >= 4 is 29.9 Å². The second-order valence-electron chi connectivity index (χ2n) is 3.77. The molecule has 0 spiro atoms. The Hall–Kier alpha value is -0.520. The van der Waals surface area contributed by atoms with Crippen molar-refractivity contribution in [1.82, 2.24) is 0 Å². The summed E-state index contributed by atoms with van der Waals surface area (Å²) in [5, 5.41) is 17.4. The molecular weight excluding hydrogens is 267 g/mol. The van der Waals surface area contributed by atoms with Crippen LogP contribution < -0.4 is 0 Å². The van der Waals surface area contributed by atoms with Crippen molar-refractivity contribution in [3.63, 3.8) is 0 Å². The molecule has 0 amide bonds. The molecule has 0 rings (SSSR count). The fraction of sp³-hybridized carbons (Fsp3) is 0.778. The minimum atomic E-state index is -2.97. The molecule has 0 aromatic heterocycles. The second kappa shape index (κ2) is 7.74. The Bertz CT molecular complexity index is 319. The predicted molar refractivity (Wildman–Crippen MR) is 65.8 cm³/mol. The topological polar surface area (TPSA) is 112 Å².